The van der Waals surface area contributed by atoms with Gasteiger partial charge in [-0.1, -0.05) is 19.9 Å². The first-order chi connectivity index (χ1) is 16.9. The van der Waals surface area contributed by atoms with Crippen molar-refractivity contribution in [2.24, 2.45) is 5.92 Å². The van der Waals surface area contributed by atoms with Crippen LogP contribution in [0.15, 0.2) is 41.6 Å². The van der Waals surface area contributed by atoms with Crippen LogP contribution < -0.4 is 15.8 Å². The molecule has 10 nitrogen and oxygen atoms in total. The summed E-state index contributed by atoms with van der Waals surface area (Å²) >= 11 is 0. The van der Waals surface area contributed by atoms with Crippen LogP contribution in [-0.4, -0.2) is 37.7 Å². The first kappa shape index (κ1) is 26.3. The second-order valence-electron chi connectivity index (χ2n) is 8.35. The molecule has 0 aromatic carbocycles. The van der Waals surface area contributed by atoms with Gasteiger partial charge in [-0.15, -0.1) is 0 Å². The number of hydrogen-bond acceptors (Lipinski definition) is 9. The molecule has 36 heavy (non-hydrogen) atoms. The molecule has 2 unspecified atom stereocenters. The number of halogens is 3. The quantitative estimate of drug-likeness (QED) is 0.396. The van der Waals surface area contributed by atoms with E-state index in [0.717, 1.165) is 12.3 Å². The molecule has 0 aliphatic heterocycles. The molecule has 2 atom stereocenters. The normalized spacial score (nSPS) is 13.1. The number of hydrogen-bond donors (Lipinski definition) is 3. The summed E-state index contributed by atoms with van der Waals surface area (Å²) in [4.78, 5) is 33.8. The highest BCUT2D eigenvalue weighted by Crippen LogP contribution is 2.30. The van der Waals surface area contributed by atoms with Crippen molar-refractivity contribution in [2.45, 2.75) is 39.0 Å². The zero-order chi connectivity index (χ0) is 26.6. The molecule has 188 valence electrons. The molecule has 0 saturated heterocycles. The predicted octanol–water partition coefficient (Wildman–Crippen LogP) is 3.87. The zero-order valence-electron chi connectivity index (χ0n) is 19.9. The number of aromatic amines is 1. The van der Waals surface area contributed by atoms with Gasteiger partial charge in [0.05, 0.1) is 12.1 Å². The number of nitriles is 1. The maximum absolute atomic E-state index is 12.9. The minimum atomic E-state index is -4.58. The average molecular weight is 500 g/mol. The fourth-order valence-electron chi connectivity index (χ4n) is 3.65. The van der Waals surface area contributed by atoms with Crippen molar-refractivity contribution < 1.29 is 13.2 Å². The summed E-state index contributed by atoms with van der Waals surface area (Å²) in [7, 11) is 1.70. The third-order valence-corrected chi connectivity index (χ3v) is 5.43. The van der Waals surface area contributed by atoms with Crippen LogP contribution in [0, 0.1) is 22.7 Å². The molecular formula is C23H24F3N9O. The molecule has 0 spiro atoms. The standard InChI is InChI=1S/C23H24F3N9O/c1-12(2)18(20-29-8-5-9-30-20)35(4)22-33-19(17(15(28)10-27)21(36)34-22)32-13(3)14-6-7-16(31-11-14)23(24,25)26/h5-9,11-13,18,28H,1-4H3,(H2,32,33,34,36). The molecule has 0 saturated carbocycles. The van der Waals surface area contributed by atoms with Gasteiger partial charge in [0.2, 0.25) is 5.95 Å². The summed E-state index contributed by atoms with van der Waals surface area (Å²) in [5.74, 6) is 0.565. The number of anilines is 2. The summed E-state index contributed by atoms with van der Waals surface area (Å²) in [6.07, 6.45) is -0.303. The third kappa shape index (κ3) is 5.65. The Morgan fingerprint density at radius 3 is 2.39 bits per heavy atom. The highest BCUT2D eigenvalue weighted by Gasteiger charge is 2.32. The lowest BCUT2D eigenvalue weighted by Gasteiger charge is -2.31. The molecular weight excluding hydrogens is 475 g/mol. The van der Waals surface area contributed by atoms with Crippen molar-refractivity contribution in [3.8, 4) is 6.07 Å². The predicted molar refractivity (Wildman–Crippen MR) is 127 cm³/mol. The van der Waals surface area contributed by atoms with Crippen molar-refractivity contribution in [2.75, 3.05) is 17.3 Å². The number of rotatable bonds is 8. The Hall–Kier alpha value is -4.34. The van der Waals surface area contributed by atoms with E-state index in [1.807, 2.05) is 13.8 Å². The van der Waals surface area contributed by atoms with E-state index in [4.69, 9.17) is 5.41 Å². The summed E-state index contributed by atoms with van der Waals surface area (Å²) in [5, 5.41) is 20.1. The molecule has 3 N–H and O–H groups in total. The molecule has 3 heterocycles. The van der Waals surface area contributed by atoms with Crippen molar-refractivity contribution in [1.82, 2.24) is 24.9 Å². The number of H-pyrrole nitrogens is 1. The van der Waals surface area contributed by atoms with E-state index in [1.165, 1.54) is 6.07 Å². The smallest absolute Gasteiger partial charge is 0.363 e. The molecule has 3 aromatic heterocycles. The molecule has 0 amide bonds. The van der Waals surface area contributed by atoms with Gasteiger partial charge in [0.1, 0.15) is 28.9 Å². The summed E-state index contributed by atoms with van der Waals surface area (Å²) in [5.41, 5.74) is -2.29. The molecule has 3 aromatic rings. The fraction of sp³-hybridized carbons (Fsp3) is 0.348. The Morgan fingerprint density at radius 1 is 1.19 bits per heavy atom. The lowest BCUT2D eigenvalue weighted by molar-refractivity contribution is -0.141. The Morgan fingerprint density at radius 2 is 1.86 bits per heavy atom. The van der Waals surface area contributed by atoms with Gasteiger partial charge in [-0.05, 0) is 30.5 Å². The van der Waals surface area contributed by atoms with Crippen LogP contribution in [0.4, 0.5) is 24.9 Å². The van der Waals surface area contributed by atoms with E-state index in [-0.39, 0.29) is 29.3 Å². The number of aromatic nitrogens is 5. The minimum absolute atomic E-state index is 0.00772. The zero-order valence-corrected chi connectivity index (χ0v) is 19.9. The molecule has 0 bridgehead atoms. The van der Waals surface area contributed by atoms with Crippen LogP contribution in [0.1, 0.15) is 55.5 Å². The highest BCUT2D eigenvalue weighted by molar-refractivity contribution is 6.12. The topological polar surface area (TPSA) is 147 Å². The van der Waals surface area contributed by atoms with Gasteiger partial charge in [-0.3, -0.25) is 20.2 Å². The number of alkyl halides is 3. The van der Waals surface area contributed by atoms with Crippen molar-refractivity contribution >= 4 is 17.5 Å². The Balaban J connectivity index is 2.03. The maximum Gasteiger partial charge on any atom is 0.433 e. The van der Waals surface area contributed by atoms with E-state index in [2.05, 4.69) is 30.2 Å². The number of nitrogens with zero attached hydrogens (tertiary/aromatic N) is 6. The molecule has 0 aliphatic rings. The van der Waals surface area contributed by atoms with Crippen LogP contribution in [0.25, 0.3) is 0 Å². The van der Waals surface area contributed by atoms with Crippen molar-refractivity contribution in [1.29, 1.82) is 10.7 Å². The summed E-state index contributed by atoms with van der Waals surface area (Å²) in [6.45, 7) is 5.54. The van der Waals surface area contributed by atoms with Gasteiger partial charge in [-0.2, -0.15) is 23.4 Å². The van der Waals surface area contributed by atoms with Gasteiger partial charge in [0, 0.05) is 25.6 Å². The molecule has 13 heteroatoms. The van der Waals surface area contributed by atoms with Gasteiger partial charge >= 0.3 is 6.18 Å². The van der Waals surface area contributed by atoms with Crippen LogP contribution in [0.5, 0.6) is 0 Å². The van der Waals surface area contributed by atoms with E-state index >= 15 is 0 Å². The lowest BCUT2D eigenvalue weighted by atomic mass is 10.0. The number of pyridine rings is 1. The second kappa shape index (κ2) is 10.5. The van der Waals surface area contributed by atoms with Crippen molar-refractivity contribution in [3.05, 3.63) is 69.8 Å². The monoisotopic (exact) mass is 499 g/mol. The molecule has 0 aliphatic carbocycles. The van der Waals surface area contributed by atoms with E-state index in [0.29, 0.717) is 11.4 Å². The van der Waals surface area contributed by atoms with Crippen LogP contribution in [0.3, 0.4) is 0 Å². The van der Waals surface area contributed by atoms with Crippen LogP contribution in [0.2, 0.25) is 0 Å². The van der Waals surface area contributed by atoms with Gasteiger partial charge in [-0.25, -0.2) is 9.97 Å². The SMILES string of the molecule is CC(Nc1nc(N(C)C(c2ncccn2)C(C)C)[nH]c(=O)c1C(=N)C#N)c1ccc(C(F)(F)F)nc1. The number of nitrogens with one attached hydrogen (secondary N) is 3. The third-order valence-electron chi connectivity index (χ3n) is 5.43. The molecule has 0 fully saturated rings. The average Bonchev–Trinajstić information content (AvgIpc) is 2.83. The van der Waals surface area contributed by atoms with Gasteiger partial charge < -0.3 is 10.2 Å². The van der Waals surface area contributed by atoms with Crippen LogP contribution in [-0.2, 0) is 6.18 Å². The Labute approximate surface area is 204 Å². The molecule has 3 rings (SSSR count). The first-order valence-electron chi connectivity index (χ1n) is 10.9. The fourth-order valence-corrected chi connectivity index (χ4v) is 3.65. The van der Waals surface area contributed by atoms with Gasteiger partial charge in [0.25, 0.3) is 5.56 Å². The summed E-state index contributed by atoms with van der Waals surface area (Å²) < 4.78 is 38.6. The van der Waals surface area contributed by atoms with E-state index in [9.17, 15) is 23.2 Å². The first-order valence-corrected chi connectivity index (χ1v) is 10.9. The Bertz CT molecular complexity index is 1320. The highest BCUT2D eigenvalue weighted by atomic mass is 19.4. The lowest BCUT2D eigenvalue weighted by Crippen LogP contribution is -2.34. The maximum atomic E-state index is 12.9. The summed E-state index contributed by atoms with van der Waals surface area (Å²) in [6, 6.07) is 4.38. The van der Waals surface area contributed by atoms with Crippen LogP contribution >= 0.6 is 0 Å². The minimum Gasteiger partial charge on any atom is -0.363 e. The van der Waals surface area contributed by atoms with E-state index < -0.39 is 29.2 Å². The van der Waals surface area contributed by atoms with Crippen molar-refractivity contribution in [3.63, 3.8) is 0 Å². The largest absolute Gasteiger partial charge is 0.433 e. The van der Waals surface area contributed by atoms with Gasteiger partial charge in [0.15, 0.2) is 5.82 Å². The second-order valence-corrected chi connectivity index (χ2v) is 8.35. The Kier molecular flexibility index (Phi) is 7.67. The van der Waals surface area contributed by atoms with E-state index in [1.54, 1.807) is 43.4 Å². The molecule has 0 radical (unpaired) electrons.